The van der Waals surface area contributed by atoms with Gasteiger partial charge in [-0.2, -0.15) is 0 Å². The van der Waals surface area contributed by atoms with Gasteiger partial charge in [-0.3, -0.25) is 4.79 Å². The molecule has 136 valence electrons. The Kier molecular flexibility index (Phi) is 5.52. The van der Waals surface area contributed by atoms with Crippen LogP contribution in [0.4, 0.5) is 0 Å². The lowest BCUT2D eigenvalue weighted by Crippen LogP contribution is -2.28. The number of carbonyl (C=O) groups excluding carboxylic acids is 1. The van der Waals surface area contributed by atoms with E-state index >= 15 is 0 Å². The van der Waals surface area contributed by atoms with Gasteiger partial charge in [-0.15, -0.1) is 0 Å². The molecule has 1 N–H and O–H groups in total. The maximum Gasteiger partial charge on any atom is 0.268 e. The third kappa shape index (κ3) is 3.56. The normalized spacial score (nSPS) is 10.9. The number of halogens is 1. The number of methoxy groups -OCH3 is 1. The molecule has 0 bridgehead atoms. The number of amides is 1. The van der Waals surface area contributed by atoms with Crippen LogP contribution in [0.3, 0.4) is 0 Å². The van der Waals surface area contributed by atoms with Crippen LogP contribution >= 0.6 is 11.6 Å². The van der Waals surface area contributed by atoms with Crippen LogP contribution < -0.4 is 10.1 Å². The Bertz CT molecular complexity index is 929. The van der Waals surface area contributed by atoms with Crippen molar-refractivity contribution >= 4 is 28.4 Å². The first-order chi connectivity index (χ1) is 12.5. The van der Waals surface area contributed by atoms with Gasteiger partial charge in [0.15, 0.2) is 0 Å². The quantitative estimate of drug-likeness (QED) is 0.688. The molecule has 3 rings (SSSR count). The van der Waals surface area contributed by atoms with Crippen LogP contribution in [0.5, 0.6) is 5.75 Å². The maximum absolute atomic E-state index is 12.8. The highest BCUT2D eigenvalue weighted by Gasteiger charge is 2.19. The average Bonchev–Trinajstić information content (AvgIpc) is 2.93. The van der Waals surface area contributed by atoms with Crippen molar-refractivity contribution < 1.29 is 9.53 Å². The molecule has 5 heteroatoms. The van der Waals surface area contributed by atoms with E-state index in [-0.39, 0.29) is 5.91 Å². The molecule has 4 nitrogen and oxygen atoms in total. The summed E-state index contributed by atoms with van der Waals surface area (Å²) < 4.78 is 7.21. The standard InChI is InChI=1S/C21H23ClN2O2/c1-4-24-19-10-7-16(22)13-18(19)14(2)20(24)21(25)23-12-11-15-5-8-17(26-3)9-6-15/h5-10,13H,4,11-12H2,1-3H3,(H,23,25). The number of benzene rings is 2. The average molecular weight is 371 g/mol. The Balaban J connectivity index is 1.75. The SMILES string of the molecule is CCn1c(C(=O)NCCc2ccc(OC)cc2)c(C)c2cc(Cl)ccc21. The van der Waals surface area contributed by atoms with Gasteiger partial charge in [0.25, 0.3) is 5.91 Å². The van der Waals surface area contributed by atoms with Crippen molar-refractivity contribution in [2.75, 3.05) is 13.7 Å². The third-order valence-corrected chi connectivity index (χ3v) is 4.90. The van der Waals surface area contributed by atoms with Gasteiger partial charge in [0.2, 0.25) is 0 Å². The Morgan fingerprint density at radius 3 is 2.58 bits per heavy atom. The first-order valence-corrected chi connectivity index (χ1v) is 9.12. The molecule has 26 heavy (non-hydrogen) atoms. The van der Waals surface area contributed by atoms with Crippen molar-refractivity contribution in [1.82, 2.24) is 9.88 Å². The second kappa shape index (κ2) is 7.83. The van der Waals surface area contributed by atoms with E-state index in [0.29, 0.717) is 17.3 Å². The van der Waals surface area contributed by atoms with Crippen LogP contribution in [0, 0.1) is 6.92 Å². The van der Waals surface area contributed by atoms with Gasteiger partial charge in [-0.1, -0.05) is 23.7 Å². The highest BCUT2D eigenvalue weighted by atomic mass is 35.5. The number of ether oxygens (including phenoxy) is 1. The largest absolute Gasteiger partial charge is 0.497 e. The lowest BCUT2D eigenvalue weighted by molar-refractivity contribution is 0.0945. The van der Waals surface area contributed by atoms with E-state index in [1.54, 1.807) is 7.11 Å². The molecule has 0 saturated heterocycles. The van der Waals surface area contributed by atoms with Crippen molar-refractivity contribution in [1.29, 1.82) is 0 Å². The fraction of sp³-hybridized carbons (Fsp3) is 0.286. The van der Waals surface area contributed by atoms with E-state index in [0.717, 1.165) is 40.7 Å². The summed E-state index contributed by atoms with van der Waals surface area (Å²) in [4.78, 5) is 12.8. The number of hydrogen-bond donors (Lipinski definition) is 1. The summed E-state index contributed by atoms with van der Waals surface area (Å²) >= 11 is 6.13. The lowest BCUT2D eigenvalue weighted by Gasteiger charge is -2.10. The number of carbonyl (C=O) groups is 1. The van der Waals surface area contributed by atoms with Crippen LogP contribution in [0.15, 0.2) is 42.5 Å². The second-order valence-corrected chi connectivity index (χ2v) is 6.67. The molecule has 2 aromatic carbocycles. The smallest absolute Gasteiger partial charge is 0.268 e. The predicted molar refractivity (Wildman–Crippen MR) is 106 cm³/mol. The van der Waals surface area contributed by atoms with E-state index in [9.17, 15) is 4.79 Å². The summed E-state index contributed by atoms with van der Waals surface area (Å²) in [6, 6.07) is 13.7. The Morgan fingerprint density at radius 2 is 1.92 bits per heavy atom. The monoisotopic (exact) mass is 370 g/mol. The first-order valence-electron chi connectivity index (χ1n) is 8.74. The number of hydrogen-bond acceptors (Lipinski definition) is 2. The topological polar surface area (TPSA) is 43.3 Å². The fourth-order valence-electron chi connectivity index (χ4n) is 3.31. The van der Waals surface area contributed by atoms with Gasteiger partial charge in [0.05, 0.1) is 7.11 Å². The summed E-state index contributed by atoms with van der Waals surface area (Å²) in [6.45, 7) is 5.33. The van der Waals surface area contributed by atoms with Crippen LogP contribution in [-0.2, 0) is 13.0 Å². The van der Waals surface area contributed by atoms with Gasteiger partial charge < -0.3 is 14.6 Å². The summed E-state index contributed by atoms with van der Waals surface area (Å²) in [6.07, 6.45) is 0.771. The highest BCUT2D eigenvalue weighted by Crippen LogP contribution is 2.28. The summed E-state index contributed by atoms with van der Waals surface area (Å²) in [5, 5.41) is 4.75. The summed E-state index contributed by atoms with van der Waals surface area (Å²) in [5.74, 6) is 0.782. The lowest BCUT2D eigenvalue weighted by atomic mass is 10.1. The fourth-order valence-corrected chi connectivity index (χ4v) is 3.48. The molecule has 0 radical (unpaired) electrons. The van der Waals surface area contributed by atoms with E-state index in [1.165, 1.54) is 0 Å². The number of fused-ring (bicyclic) bond motifs is 1. The number of aryl methyl sites for hydroxylation is 2. The van der Waals surface area contributed by atoms with E-state index in [1.807, 2.05) is 60.9 Å². The molecule has 0 fully saturated rings. The van der Waals surface area contributed by atoms with Crippen molar-refractivity contribution in [3.8, 4) is 5.75 Å². The third-order valence-electron chi connectivity index (χ3n) is 4.67. The zero-order valence-corrected chi connectivity index (χ0v) is 16.1. The number of nitrogens with zero attached hydrogens (tertiary/aromatic N) is 1. The molecule has 0 atom stereocenters. The number of nitrogens with one attached hydrogen (secondary N) is 1. The van der Waals surface area contributed by atoms with Crippen molar-refractivity contribution in [3.63, 3.8) is 0 Å². The molecule has 1 aromatic heterocycles. The van der Waals surface area contributed by atoms with Crippen LogP contribution in [0.25, 0.3) is 10.9 Å². The van der Waals surface area contributed by atoms with E-state index in [2.05, 4.69) is 5.32 Å². The Morgan fingerprint density at radius 1 is 1.19 bits per heavy atom. The minimum atomic E-state index is -0.0508. The number of aromatic nitrogens is 1. The van der Waals surface area contributed by atoms with E-state index in [4.69, 9.17) is 16.3 Å². The number of rotatable bonds is 6. The molecule has 1 heterocycles. The molecule has 0 aliphatic carbocycles. The second-order valence-electron chi connectivity index (χ2n) is 6.23. The molecule has 0 saturated carbocycles. The van der Waals surface area contributed by atoms with Gasteiger partial charge in [0.1, 0.15) is 11.4 Å². The maximum atomic E-state index is 12.8. The molecule has 3 aromatic rings. The van der Waals surface area contributed by atoms with Gasteiger partial charge in [-0.05, 0) is 61.7 Å². The van der Waals surface area contributed by atoms with Crippen LogP contribution in [0.1, 0.15) is 28.5 Å². The van der Waals surface area contributed by atoms with Gasteiger partial charge in [0, 0.05) is 29.0 Å². The van der Waals surface area contributed by atoms with Gasteiger partial charge >= 0.3 is 0 Å². The van der Waals surface area contributed by atoms with Gasteiger partial charge in [-0.25, -0.2) is 0 Å². The Hall–Kier alpha value is -2.46. The molecule has 1 amide bonds. The molecule has 0 aliphatic rings. The molecule has 0 spiro atoms. The van der Waals surface area contributed by atoms with Crippen molar-refractivity contribution in [2.24, 2.45) is 0 Å². The molecular formula is C21H23ClN2O2. The molecule has 0 aliphatic heterocycles. The van der Waals surface area contributed by atoms with E-state index < -0.39 is 0 Å². The minimum Gasteiger partial charge on any atom is -0.497 e. The zero-order chi connectivity index (χ0) is 18.7. The van der Waals surface area contributed by atoms with Crippen molar-refractivity contribution in [3.05, 3.63) is 64.3 Å². The van der Waals surface area contributed by atoms with Crippen molar-refractivity contribution in [2.45, 2.75) is 26.8 Å². The summed E-state index contributed by atoms with van der Waals surface area (Å²) in [5.41, 5.74) is 3.87. The summed E-state index contributed by atoms with van der Waals surface area (Å²) in [7, 11) is 1.65. The highest BCUT2D eigenvalue weighted by molar-refractivity contribution is 6.31. The molecule has 0 unspecified atom stereocenters. The first kappa shape index (κ1) is 18.3. The zero-order valence-electron chi connectivity index (χ0n) is 15.3. The van der Waals surface area contributed by atoms with Crippen LogP contribution in [0.2, 0.25) is 5.02 Å². The molecular weight excluding hydrogens is 348 g/mol. The van der Waals surface area contributed by atoms with Crippen LogP contribution in [-0.4, -0.2) is 24.1 Å². The predicted octanol–water partition coefficient (Wildman–Crippen LogP) is 4.60. The minimum absolute atomic E-state index is 0.0508. The Labute approximate surface area is 158 Å².